The monoisotopic (exact) mass is 207 g/mol. The summed E-state index contributed by atoms with van der Waals surface area (Å²) >= 11 is 1.44. The number of nitrogens with two attached hydrogens (primary N) is 1. The first-order valence-electron chi connectivity index (χ1n) is 2.74. The molecule has 0 unspecified atom stereocenters. The van der Waals surface area contributed by atoms with Crippen LogP contribution >= 0.6 is 11.8 Å². The molecule has 0 spiro atoms. The van der Waals surface area contributed by atoms with Crippen molar-refractivity contribution in [2.45, 2.75) is 12.1 Å². The fraction of sp³-hybridized carbons (Fsp3) is 0.800. The molecule has 1 atom stereocenters. The van der Waals surface area contributed by atoms with Crippen molar-refractivity contribution in [3.05, 3.63) is 0 Å². The molecule has 0 saturated carbocycles. The molecular weight excluding hydrogens is 194 g/mol. The van der Waals surface area contributed by atoms with Crippen molar-refractivity contribution in [3.8, 4) is 0 Å². The van der Waals surface area contributed by atoms with Crippen molar-refractivity contribution in [2.24, 2.45) is 5.73 Å². The van der Waals surface area contributed by atoms with Gasteiger partial charge in [-0.3, -0.25) is 5.73 Å². The van der Waals surface area contributed by atoms with Crippen molar-refractivity contribution in [2.75, 3.05) is 12.0 Å². The zero-order valence-corrected chi connectivity index (χ0v) is 9.43. The summed E-state index contributed by atoms with van der Waals surface area (Å²) in [4.78, 5) is 10.1. The molecule has 0 aliphatic carbocycles. The Morgan fingerprint density at radius 3 is 2.55 bits per heavy atom. The van der Waals surface area contributed by atoms with E-state index in [1.54, 1.807) is 0 Å². The van der Waals surface area contributed by atoms with Crippen LogP contribution in [0.25, 0.3) is 0 Å². The number of aliphatic carboxylic acids is 1. The normalized spacial score (nSPS) is 14.8. The third kappa shape index (κ3) is 6.19. The quantitative estimate of drug-likeness (QED) is 0.420. The van der Waals surface area contributed by atoms with E-state index in [-0.39, 0.29) is 47.0 Å². The van der Waals surface area contributed by atoms with Crippen LogP contribution in [0.3, 0.4) is 0 Å². The molecule has 0 heterocycles. The number of thioether (sulfide) groups is 1. The zero-order chi connectivity index (χ0) is 8.20. The van der Waals surface area contributed by atoms with Crippen molar-refractivity contribution < 1.29 is 17.9 Å². The first-order valence-corrected chi connectivity index (χ1v) is 4.13. The number of carboxylic acids is 1. The molecule has 0 aliphatic heterocycles. The smallest absolute Gasteiger partial charge is 1.00 e. The maximum atomic E-state index is 10.1. The topological polar surface area (TPSA) is 83.5 Å². The van der Waals surface area contributed by atoms with Crippen LogP contribution in [0.4, 0.5) is 0 Å². The average Bonchev–Trinajstić information content (AvgIpc) is 1.84. The van der Waals surface area contributed by atoms with Crippen LogP contribution in [-0.2, 0) is 4.79 Å². The van der Waals surface area contributed by atoms with E-state index in [1.807, 2.05) is 6.26 Å². The molecule has 64 valence electrons. The minimum atomic E-state index is -2.05. The van der Waals surface area contributed by atoms with E-state index in [1.165, 1.54) is 11.8 Å². The molecule has 0 radical (unpaired) electrons. The summed E-state index contributed by atoms with van der Waals surface area (Å²) in [5.74, 6) is -0.833. The Balaban J connectivity index is -0.000000135. The Morgan fingerprint density at radius 2 is 2.27 bits per heavy atom. The van der Waals surface area contributed by atoms with Gasteiger partial charge in [-0.1, -0.05) is 0 Å². The molecule has 0 aliphatic rings. The molecule has 6 heteroatoms. The number of rotatable bonds is 4. The molecule has 0 bridgehead atoms. The first kappa shape index (κ1) is 14.5. The van der Waals surface area contributed by atoms with Gasteiger partial charge in [-0.15, -0.1) is 0 Å². The Kier molecular flexibility index (Phi) is 8.59. The number of hydrogen-bond acceptors (Lipinski definition) is 4. The SMILES string of the molecule is CSCC[C@@](N)(O)C(=O)O.[Ca+2].[H-].[H-]. The first-order chi connectivity index (χ1) is 4.50. The molecule has 0 fully saturated rings. The van der Waals surface area contributed by atoms with E-state index in [4.69, 9.17) is 15.9 Å². The molecule has 0 aromatic heterocycles. The van der Waals surface area contributed by atoms with E-state index >= 15 is 0 Å². The van der Waals surface area contributed by atoms with Gasteiger partial charge in [-0.25, -0.2) is 4.79 Å². The molecule has 0 rings (SSSR count). The van der Waals surface area contributed by atoms with Crippen LogP contribution in [-0.4, -0.2) is 71.7 Å². The molecular formula is C5H13CaNO3S. The molecule has 4 nitrogen and oxygen atoms in total. The van der Waals surface area contributed by atoms with Gasteiger partial charge in [-0.2, -0.15) is 11.8 Å². The van der Waals surface area contributed by atoms with Crippen LogP contribution in [0.1, 0.15) is 9.27 Å². The maximum Gasteiger partial charge on any atom is 2.00 e. The number of hydrogen-bond donors (Lipinski definition) is 3. The molecule has 0 aromatic rings. The van der Waals surface area contributed by atoms with Crippen LogP contribution in [0.2, 0.25) is 0 Å². The minimum Gasteiger partial charge on any atom is -1.00 e. The van der Waals surface area contributed by atoms with E-state index in [2.05, 4.69) is 0 Å². The summed E-state index contributed by atoms with van der Waals surface area (Å²) in [6, 6.07) is 0. The summed E-state index contributed by atoms with van der Waals surface area (Å²) in [6.07, 6.45) is 1.89. The summed E-state index contributed by atoms with van der Waals surface area (Å²) in [6.45, 7) is 0. The van der Waals surface area contributed by atoms with Crippen LogP contribution in [0.5, 0.6) is 0 Å². The molecule has 0 amide bonds. The molecule has 4 N–H and O–H groups in total. The second-order valence-corrected chi connectivity index (χ2v) is 2.96. The second-order valence-electron chi connectivity index (χ2n) is 1.97. The summed E-state index contributed by atoms with van der Waals surface area (Å²) in [5.41, 5.74) is 2.94. The van der Waals surface area contributed by atoms with E-state index in [0.717, 1.165) is 0 Å². The Labute approximate surface area is 102 Å². The Bertz CT molecular complexity index is 139. The molecule has 11 heavy (non-hydrogen) atoms. The largest absolute Gasteiger partial charge is 2.00 e. The summed E-state index contributed by atoms with van der Waals surface area (Å²) in [7, 11) is 0. The van der Waals surface area contributed by atoms with Gasteiger partial charge in [0.25, 0.3) is 0 Å². The van der Waals surface area contributed by atoms with Gasteiger partial charge in [0.05, 0.1) is 0 Å². The summed E-state index contributed by atoms with van der Waals surface area (Å²) in [5, 5.41) is 17.2. The minimum absolute atomic E-state index is 0. The van der Waals surface area contributed by atoms with E-state index < -0.39 is 11.7 Å². The molecule has 0 aromatic carbocycles. The predicted molar refractivity (Wildman–Crippen MR) is 47.8 cm³/mol. The van der Waals surface area contributed by atoms with E-state index in [9.17, 15) is 4.79 Å². The predicted octanol–water partition coefficient (Wildman–Crippen LogP) is -0.684. The van der Waals surface area contributed by atoms with Crippen molar-refractivity contribution >= 4 is 55.5 Å². The number of carboxylic acid groups (broad SMARTS) is 1. The van der Waals surface area contributed by atoms with Crippen molar-refractivity contribution in [1.29, 1.82) is 0 Å². The van der Waals surface area contributed by atoms with Gasteiger partial charge in [0.2, 0.25) is 5.72 Å². The Morgan fingerprint density at radius 1 is 1.82 bits per heavy atom. The number of aliphatic hydroxyl groups is 1. The van der Waals surface area contributed by atoms with Gasteiger partial charge >= 0.3 is 43.7 Å². The van der Waals surface area contributed by atoms with Crippen molar-refractivity contribution in [3.63, 3.8) is 0 Å². The maximum absolute atomic E-state index is 10.1. The fourth-order valence-corrected chi connectivity index (χ4v) is 0.880. The standard InChI is InChI=1S/C5H11NO3S.Ca.2H/c1-10-3-2-5(6,9)4(7)8;;;/h9H,2-3,6H2,1H3,(H,7,8);;;/q;+2;2*-1/t5-;;;/m1.../s1. The van der Waals surface area contributed by atoms with Crippen molar-refractivity contribution in [1.82, 2.24) is 0 Å². The fourth-order valence-electron chi connectivity index (χ4n) is 0.365. The van der Waals surface area contributed by atoms with Crippen LogP contribution in [0.15, 0.2) is 0 Å². The Hall–Kier alpha value is 1.000. The average molecular weight is 207 g/mol. The van der Waals surface area contributed by atoms with Gasteiger partial charge < -0.3 is 13.1 Å². The third-order valence-corrected chi connectivity index (χ3v) is 1.67. The van der Waals surface area contributed by atoms with Gasteiger partial charge in [0.1, 0.15) is 0 Å². The number of carbonyl (C=O) groups is 1. The van der Waals surface area contributed by atoms with Crippen LogP contribution < -0.4 is 5.73 Å². The van der Waals surface area contributed by atoms with Crippen LogP contribution in [0, 0.1) is 0 Å². The van der Waals surface area contributed by atoms with Gasteiger partial charge in [0.15, 0.2) is 0 Å². The summed E-state index contributed by atoms with van der Waals surface area (Å²) < 4.78 is 0. The molecule has 0 saturated heterocycles. The van der Waals surface area contributed by atoms with E-state index in [0.29, 0.717) is 5.75 Å². The second kappa shape index (κ2) is 6.51. The van der Waals surface area contributed by atoms with Gasteiger partial charge in [0, 0.05) is 6.42 Å². The van der Waals surface area contributed by atoms with Gasteiger partial charge in [-0.05, 0) is 12.0 Å². The zero-order valence-electron chi connectivity index (χ0n) is 8.41. The third-order valence-electron chi connectivity index (χ3n) is 1.06.